The van der Waals surface area contributed by atoms with Gasteiger partial charge in [0.25, 0.3) is 0 Å². The van der Waals surface area contributed by atoms with Crippen LogP contribution in [0.25, 0.3) is 10.4 Å². The number of nitrogens with zero attached hydrogens (tertiary/aromatic N) is 6. The van der Waals surface area contributed by atoms with Gasteiger partial charge in [0.1, 0.15) is 30.0 Å². The number of thiazole rings is 1. The van der Waals surface area contributed by atoms with Gasteiger partial charge < -0.3 is 50.4 Å². The van der Waals surface area contributed by atoms with Crippen LogP contribution in [-0.2, 0) is 30.3 Å². The van der Waals surface area contributed by atoms with Gasteiger partial charge in [0.05, 0.1) is 46.9 Å². The lowest BCUT2D eigenvalue weighted by molar-refractivity contribution is -0.144. The van der Waals surface area contributed by atoms with Crippen LogP contribution >= 0.6 is 30.1 Å². The first-order chi connectivity index (χ1) is 33.8. The zero-order chi connectivity index (χ0) is 51.0. The molecule has 4 heterocycles. The van der Waals surface area contributed by atoms with E-state index >= 15 is 0 Å². The molecule has 0 aliphatic carbocycles. The average Bonchev–Trinajstić information content (AvgIpc) is 3.96. The van der Waals surface area contributed by atoms with E-state index in [0.717, 1.165) is 27.4 Å². The first-order valence-electron chi connectivity index (χ1n) is 23.8. The molecule has 2 aliphatic heterocycles. The fraction of sp³-hybridized carbons (Fsp3) is 0.431. The van der Waals surface area contributed by atoms with E-state index in [9.17, 15) is 28.8 Å². The zero-order valence-corrected chi connectivity index (χ0v) is 43.8. The van der Waals surface area contributed by atoms with Crippen molar-refractivity contribution in [2.75, 3.05) is 68.7 Å². The van der Waals surface area contributed by atoms with Crippen molar-refractivity contribution in [1.29, 1.82) is 0 Å². The quantitative estimate of drug-likeness (QED) is 0.0431. The minimum atomic E-state index is -2.59. The summed E-state index contributed by atoms with van der Waals surface area (Å²) in [5.41, 5.74) is 6.23. The van der Waals surface area contributed by atoms with Crippen LogP contribution < -0.4 is 36.2 Å². The molecule has 378 valence electrons. The number of aliphatic hydroxyl groups is 1. The number of aromatic nitrogens is 3. The Hall–Kier alpha value is -6.07. The van der Waals surface area contributed by atoms with E-state index < -0.39 is 36.7 Å². The minimum Gasteiger partial charge on any atom is -0.494 e. The number of nitrogens with one attached hydrogen (secondary N) is 4. The second kappa shape index (κ2) is 23.0. The number of hydrogen-bond donors (Lipinski definition) is 5. The molecule has 20 heteroatoms. The summed E-state index contributed by atoms with van der Waals surface area (Å²) in [6, 6.07) is 19.2. The predicted molar refractivity (Wildman–Crippen MR) is 281 cm³/mol. The van der Waals surface area contributed by atoms with Crippen molar-refractivity contribution in [2.45, 2.75) is 84.5 Å². The Morgan fingerprint density at radius 3 is 2.34 bits per heavy atom. The Morgan fingerprint density at radius 2 is 1.66 bits per heavy atom. The molecule has 17 nitrogen and oxygen atoms in total. The second-order valence-electron chi connectivity index (χ2n) is 19.4. The van der Waals surface area contributed by atoms with Gasteiger partial charge in [0.2, 0.25) is 29.6 Å². The molecule has 3 aromatic carbocycles. The number of anilines is 5. The van der Waals surface area contributed by atoms with E-state index in [0.29, 0.717) is 72.3 Å². The van der Waals surface area contributed by atoms with Gasteiger partial charge >= 0.3 is 0 Å². The highest BCUT2D eigenvalue weighted by molar-refractivity contribution is 7.70. The Morgan fingerprint density at radius 1 is 0.944 bits per heavy atom. The Labute approximate surface area is 424 Å². The second-order valence-corrected chi connectivity index (χ2v) is 23.9. The molecule has 2 fully saturated rings. The van der Waals surface area contributed by atoms with E-state index in [1.165, 1.54) is 11.1 Å². The number of carbonyl (C=O) groups is 4. The van der Waals surface area contributed by atoms with Gasteiger partial charge in [0.15, 0.2) is 5.82 Å². The normalized spacial score (nSPS) is 16.6. The molecule has 2 aliphatic rings. The number of ether oxygens (including phenoxy) is 1. The number of amides is 4. The number of unbranched alkanes of at least 4 members (excludes halogenated alkanes) is 1. The molecule has 0 spiro atoms. The van der Waals surface area contributed by atoms with Crippen molar-refractivity contribution in [3.05, 3.63) is 94.7 Å². The number of aliphatic hydroxyl groups excluding tert-OH is 1. The van der Waals surface area contributed by atoms with Gasteiger partial charge in [-0.2, -0.15) is 4.98 Å². The molecule has 3 atom stereocenters. The topological polar surface area (TPSA) is 211 Å². The highest BCUT2D eigenvalue weighted by Crippen LogP contribution is 2.39. The molecule has 2 saturated heterocycles. The van der Waals surface area contributed by atoms with Crippen LogP contribution in [-0.4, -0.2) is 125 Å². The van der Waals surface area contributed by atoms with Crippen LogP contribution in [0.5, 0.6) is 5.75 Å². The molecule has 0 bridgehead atoms. The number of hydrogen-bond acceptors (Lipinski definition) is 14. The van der Waals surface area contributed by atoms with E-state index in [2.05, 4.69) is 41.1 Å². The number of piperazine rings is 1. The van der Waals surface area contributed by atoms with E-state index in [1.54, 1.807) is 31.8 Å². The first-order valence-corrected chi connectivity index (χ1v) is 27.6. The summed E-state index contributed by atoms with van der Waals surface area (Å²) in [7, 11) is -1.00. The third-order valence-corrected chi connectivity index (χ3v) is 15.5. The van der Waals surface area contributed by atoms with Crippen LogP contribution in [0, 0.1) is 12.3 Å². The van der Waals surface area contributed by atoms with E-state index in [4.69, 9.17) is 16.3 Å². The van der Waals surface area contributed by atoms with Crippen LogP contribution in [0.4, 0.5) is 28.8 Å². The maximum absolute atomic E-state index is 14.1. The fourth-order valence-electron chi connectivity index (χ4n) is 8.74. The maximum atomic E-state index is 14.1. The molecule has 0 saturated carbocycles. The molecule has 5 aromatic rings. The third kappa shape index (κ3) is 13.5. The van der Waals surface area contributed by atoms with Crippen LogP contribution in [0.3, 0.4) is 0 Å². The van der Waals surface area contributed by atoms with Crippen molar-refractivity contribution in [2.24, 2.45) is 5.41 Å². The van der Waals surface area contributed by atoms with Crippen LogP contribution in [0.2, 0.25) is 5.02 Å². The predicted octanol–water partition coefficient (Wildman–Crippen LogP) is 7.32. The number of methoxy groups -OCH3 is 1. The molecule has 5 N–H and O–H groups in total. The average molecular weight is 1030 g/mol. The molecule has 71 heavy (non-hydrogen) atoms. The molecule has 0 unspecified atom stereocenters. The smallest absolute Gasteiger partial charge is 0.246 e. The maximum Gasteiger partial charge on any atom is 0.246 e. The minimum absolute atomic E-state index is 0.0141. The zero-order valence-electron chi connectivity index (χ0n) is 41.3. The lowest BCUT2D eigenvalue weighted by Crippen LogP contribution is -2.57. The van der Waals surface area contributed by atoms with Crippen molar-refractivity contribution in [3.63, 3.8) is 0 Å². The molecular formula is C51H64ClN10O7PS. The van der Waals surface area contributed by atoms with Gasteiger partial charge in [0, 0.05) is 75.6 Å². The van der Waals surface area contributed by atoms with Crippen molar-refractivity contribution < 1.29 is 33.6 Å². The summed E-state index contributed by atoms with van der Waals surface area (Å²) < 4.78 is 18.7. The highest BCUT2D eigenvalue weighted by Gasteiger charge is 2.44. The lowest BCUT2D eigenvalue weighted by atomic mass is 9.85. The summed E-state index contributed by atoms with van der Waals surface area (Å²) in [5.74, 6) is 0.107. The molecule has 0 radical (unpaired) electrons. The van der Waals surface area contributed by atoms with Crippen molar-refractivity contribution in [3.8, 4) is 16.2 Å². The number of β-amino-alcohol motifs (C(OH)–C–C–N with tert-alkyl or cyclic N) is 1. The number of likely N-dealkylation sites (tertiary alicyclic amines) is 1. The van der Waals surface area contributed by atoms with Crippen LogP contribution in [0.15, 0.2) is 78.4 Å². The highest BCUT2D eigenvalue weighted by atomic mass is 35.5. The Kier molecular flexibility index (Phi) is 17.1. The first kappa shape index (κ1) is 52.7. The van der Waals surface area contributed by atoms with Gasteiger partial charge in [-0.3, -0.25) is 19.2 Å². The molecule has 7 rings (SSSR count). The SMILES string of the molecule is COc1cc(N2CCN(C(=O)CCCCC(=O)N[C@H](C(=O)N3C[C@H](O)C[C@H]3C(=O)NCc3ccc(-c4scnc4C)cc3)C(C)(C)C)CC2)ccc1Nc1ncc(Cl)c(Nc2ccccc2P(C)(C)=O)n1. The van der Waals surface area contributed by atoms with Gasteiger partial charge in [-0.05, 0) is 73.9 Å². The lowest BCUT2D eigenvalue weighted by Gasteiger charge is -2.36. The molecule has 2 aromatic heterocycles. The summed E-state index contributed by atoms with van der Waals surface area (Å²) in [6.07, 6.45) is 2.08. The van der Waals surface area contributed by atoms with E-state index in [-0.39, 0.29) is 56.0 Å². The van der Waals surface area contributed by atoms with Gasteiger partial charge in [-0.1, -0.05) is 68.8 Å². The molecular weight excluding hydrogens is 963 g/mol. The number of benzene rings is 3. The van der Waals surface area contributed by atoms with Crippen LogP contribution in [0.1, 0.15) is 64.1 Å². The Balaban J connectivity index is 0.853. The van der Waals surface area contributed by atoms with Gasteiger partial charge in [-0.15, -0.1) is 11.3 Å². The standard InChI is InChI=1S/C51H64ClN10O7PS/c1-32-45(71-31-55-32)34-18-16-33(17-19-34)28-53-48(66)40-27-36(63)30-62(40)49(67)46(51(2,3)4)58-43(64)14-10-11-15-44(65)61-24-22-60(23-25-61)35-20-21-38(41(26-35)69-5)57-50-54-29-37(52)47(59-50)56-39-12-8-9-13-42(39)70(6,7)68/h8-9,12-13,16-21,26,29,31,36,40,46,63H,10-11,14-15,22-25,27-28,30H2,1-7H3,(H,53,66)(H,58,64)(H2,54,56,57,59)/t36-,40+,46-/m1/s1. The Bertz CT molecular complexity index is 2760. The fourth-order valence-corrected chi connectivity index (χ4v) is 10.8. The monoisotopic (exact) mass is 1030 g/mol. The summed E-state index contributed by atoms with van der Waals surface area (Å²) in [6.45, 7) is 13.5. The third-order valence-electron chi connectivity index (χ3n) is 12.7. The van der Waals surface area contributed by atoms with Crippen molar-refractivity contribution in [1.82, 2.24) is 35.4 Å². The largest absolute Gasteiger partial charge is 0.494 e. The van der Waals surface area contributed by atoms with E-state index in [1.807, 2.05) is 105 Å². The summed E-state index contributed by atoms with van der Waals surface area (Å²) >= 11 is 8.04. The molecule has 4 amide bonds. The summed E-state index contributed by atoms with van der Waals surface area (Å²) in [4.78, 5) is 74.0. The summed E-state index contributed by atoms with van der Waals surface area (Å²) in [5, 5.41) is 23.9. The number of rotatable bonds is 18. The number of carbonyl (C=O) groups excluding carboxylic acids is 4. The number of aryl methyl sites for hydroxylation is 1. The van der Waals surface area contributed by atoms with Gasteiger partial charge in [-0.25, -0.2) is 9.97 Å². The van der Waals surface area contributed by atoms with Crippen molar-refractivity contribution >= 4 is 87.8 Å². The number of para-hydroxylation sites is 1. The number of halogens is 1.